The van der Waals surface area contributed by atoms with Gasteiger partial charge in [0.15, 0.2) is 0 Å². The van der Waals surface area contributed by atoms with Crippen LogP contribution in [-0.4, -0.2) is 16.1 Å². The Kier molecular flexibility index (Phi) is 3.19. The number of nitrogens with zero attached hydrogens (tertiary/aromatic N) is 1. The number of rotatable bonds is 1. The second-order valence-corrected chi connectivity index (χ2v) is 2.06. The van der Waals surface area contributed by atoms with E-state index >= 15 is 0 Å². The highest BCUT2D eigenvalue weighted by Crippen LogP contribution is 2.03. The Morgan fingerprint density at radius 2 is 2.44 bits per heavy atom. The molecule has 1 aromatic heterocycles. The van der Waals surface area contributed by atoms with Crippen molar-refractivity contribution in [2.75, 3.05) is 0 Å². The van der Waals surface area contributed by atoms with Gasteiger partial charge in [0.1, 0.15) is 4.88 Å². The van der Waals surface area contributed by atoms with E-state index in [1.54, 1.807) is 0 Å². The second kappa shape index (κ2) is 3.42. The van der Waals surface area contributed by atoms with E-state index in [1.807, 2.05) is 0 Å². The summed E-state index contributed by atoms with van der Waals surface area (Å²) in [5.74, 6) is -0.910. The summed E-state index contributed by atoms with van der Waals surface area (Å²) in [7, 11) is 0. The van der Waals surface area contributed by atoms with E-state index in [4.69, 9.17) is 5.11 Å². The van der Waals surface area contributed by atoms with Crippen molar-refractivity contribution in [1.82, 2.24) is 4.98 Å². The molecule has 1 N–H and O–H groups in total. The summed E-state index contributed by atoms with van der Waals surface area (Å²) in [4.78, 5) is 13.9. The van der Waals surface area contributed by atoms with Crippen LogP contribution in [-0.2, 0) is 0 Å². The average Bonchev–Trinajstić information content (AvgIpc) is 2.12. The molecule has 0 amide bonds. The molecule has 0 aliphatic heterocycles. The van der Waals surface area contributed by atoms with Gasteiger partial charge in [0, 0.05) is 0 Å². The first-order chi connectivity index (χ1) is 3.80. The van der Waals surface area contributed by atoms with Gasteiger partial charge in [-0.1, -0.05) is 0 Å². The number of thiazole rings is 1. The minimum Gasteiger partial charge on any atom is -0.477 e. The van der Waals surface area contributed by atoms with Gasteiger partial charge < -0.3 is 5.11 Å². The summed E-state index contributed by atoms with van der Waals surface area (Å²) < 4.78 is 0. The molecule has 0 unspecified atom stereocenters. The molecular weight excluding hydrogens is 162 g/mol. The third kappa shape index (κ3) is 1.99. The fourth-order valence-corrected chi connectivity index (χ4v) is 0.779. The topological polar surface area (TPSA) is 50.2 Å². The molecule has 1 heterocycles. The van der Waals surface area contributed by atoms with Crippen LogP contribution in [0.1, 0.15) is 9.67 Å². The minimum absolute atomic E-state index is 0. The van der Waals surface area contributed by atoms with Crippen molar-refractivity contribution in [3.05, 3.63) is 16.6 Å². The Morgan fingerprint density at radius 3 is 2.67 bits per heavy atom. The van der Waals surface area contributed by atoms with Crippen LogP contribution < -0.4 is 0 Å². The molecule has 0 atom stereocenters. The molecule has 5 heteroatoms. The van der Waals surface area contributed by atoms with E-state index in [0.29, 0.717) is 0 Å². The molecule has 3 nitrogen and oxygen atoms in total. The molecule has 9 heavy (non-hydrogen) atoms. The SMILES string of the molecule is Cl.O=C(O)c1cncs1. The van der Waals surface area contributed by atoms with Crippen LogP contribution in [0.3, 0.4) is 0 Å². The van der Waals surface area contributed by atoms with E-state index in [-0.39, 0.29) is 17.3 Å². The Bertz CT molecular complexity index is 186. The lowest BCUT2D eigenvalue weighted by Gasteiger charge is -1.77. The number of aromatic carboxylic acids is 1. The van der Waals surface area contributed by atoms with E-state index in [9.17, 15) is 4.79 Å². The molecule has 0 aromatic carbocycles. The second-order valence-electron chi connectivity index (χ2n) is 1.17. The number of carboxylic acids is 1. The van der Waals surface area contributed by atoms with Crippen molar-refractivity contribution in [2.45, 2.75) is 0 Å². The van der Waals surface area contributed by atoms with Crippen molar-refractivity contribution in [3.63, 3.8) is 0 Å². The Labute approximate surface area is 61.8 Å². The molecule has 0 aliphatic rings. The zero-order chi connectivity index (χ0) is 5.98. The van der Waals surface area contributed by atoms with E-state index < -0.39 is 5.97 Å². The molecule has 0 aliphatic carbocycles. The van der Waals surface area contributed by atoms with Gasteiger partial charge in [-0.05, 0) is 0 Å². The van der Waals surface area contributed by atoms with E-state index in [1.165, 1.54) is 11.7 Å². The fraction of sp³-hybridized carbons (Fsp3) is 0. The van der Waals surface area contributed by atoms with Crippen molar-refractivity contribution < 1.29 is 9.90 Å². The predicted octanol–water partition coefficient (Wildman–Crippen LogP) is 1.26. The number of hydrogen-bond donors (Lipinski definition) is 1. The van der Waals surface area contributed by atoms with E-state index in [0.717, 1.165) is 11.3 Å². The Hall–Kier alpha value is -0.610. The number of hydrogen-bond acceptors (Lipinski definition) is 3. The third-order valence-corrected chi connectivity index (χ3v) is 1.40. The van der Waals surface area contributed by atoms with Gasteiger partial charge in [-0.3, -0.25) is 4.98 Å². The molecule has 0 spiro atoms. The summed E-state index contributed by atoms with van der Waals surface area (Å²) in [6, 6.07) is 0. The van der Waals surface area contributed by atoms with E-state index in [2.05, 4.69) is 4.98 Å². The molecule has 0 saturated carbocycles. The molecule has 0 fully saturated rings. The maximum Gasteiger partial charge on any atom is 0.347 e. The first-order valence-electron chi connectivity index (χ1n) is 1.92. The standard InChI is InChI=1S/C4H3NO2S.ClH/c6-4(7)3-1-5-2-8-3;/h1-2H,(H,6,7);1H. The van der Waals surface area contributed by atoms with Gasteiger partial charge in [-0.25, -0.2) is 4.79 Å². The lowest BCUT2D eigenvalue weighted by molar-refractivity contribution is 0.0702. The number of halogens is 1. The molecule has 0 saturated heterocycles. The maximum atomic E-state index is 10.0. The maximum absolute atomic E-state index is 10.0. The van der Waals surface area contributed by atoms with Crippen LogP contribution in [0.5, 0.6) is 0 Å². The average molecular weight is 166 g/mol. The van der Waals surface area contributed by atoms with Crippen LogP contribution in [0.15, 0.2) is 11.7 Å². The predicted molar refractivity (Wildman–Crippen MR) is 36.3 cm³/mol. The molecular formula is C4H4ClNO2S. The van der Waals surface area contributed by atoms with Gasteiger partial charge >= 0.3 is 5.97 Å². The zero-order valence-electron chi connectivity index (χ0n) is 4.27. The van der Waals surface area contributed by atoms with Gasteiger partial charge in [0.25, 0.3) is 0 Å². The third-order valence-electron chi connectivity index (χ3n) is 0.643. The summed E-state index contributed by atoms with van der Waals surface area (Å²) in [5.41, 5.74) is 1.49. The zero-order valence-corrected chi connectivity index (χ0v) is 5.91. The summed E-state index contributed by atoms with van der Waals surface area (Å²) in [6.45, 7) is 0. The molecule has 0 radical (unpaired) electrons. The highest BCUT2D eigenvalue weighted by Gasteiger charge is 2.00. The fourth-order valence-electron chi connectivity index (χ4n) is 0.321. The van der Waals surface area contributed by atoms with Crippen LogP contribution in [0.4, 0.5) is 0 Å². The van der Waals surface area contributed by atoms with Gasteiger partial charge in [0.05, 0.1) is 11.7 Å². The highest BCUT2D eigenvalue weighted by atomic mass is 35.5. The summed E-state index contributed by atoms with van der Waals surface area (Å²) in [5, 5.41) is 8.24. The van der Waals surface area contributed by atoms with Crippen molar-refractivity contribution in [1.29, 1.82) is 0 Å². The largest absolute Gasteiger partial charge is 0.477 e. The monoisotopic (exact) mass is 165 g/mol. The lowest BCUT2D eigenvalue weighted by atomic mass is 10.6. The number of carboxylic acid groups (broad SMARTS) is 1. The Balaban J connectivity index is 0.000000640. The van der Waals surface area contributed by atoms with Crippen LogP contribution in [0.2, 0.25) is 0 Å². The first kappa shape index (κ1) is 8.39. The van der Waals surface area contributed by atoms with Crippen LogP contribution in [0.25, 0.3) is 0 Å². The van der Waals surface area contributed by atoms with Crippen molar-refractivity contribution in [3.8, 4) is 0 Å². The normalized spacial score (nSPS) is 8.00. The van der Waals surface area contributed by atoms with Crippen molar-refractivity contribution >= 4 is 29.7 Å². The highest BCUT2D eigenvalue weighted by molar-refractivity contribution is 7.11. The minimum atomic E-state index is -0.910. The lowest BCUT2D eigenvalue weighted by Crippen LogP contribution is -1.89. The van der Waals surface area contributed by atoms with Crippen LogP contribution in [0, 0.1) is 0 Å². The summed E-state index contributed by atoms with van der Waals surface area (Å²) >= 11 is 1.12. The molecule has 0 bridgehead atoms. The molecule has 1 aromatic rings. The molecule has 1 rings (SSSR count). The van der Waals surface area contributed by atoms with Gasteiger partial charge in [-0.15, -0.1) is 23.7 Å². The van der Waals surface area contributed by atoms with Crippen LogP contribution >= 0.6 is 23.7 Å². The summed E-state index contributed by atoms with van der Waals surface area (Å²) in [6.07, 6.45) is 1.33. The number of aromatic nitrogens is 1. The first-order valence-corrected chi connectivity index (χ1v) is 2.80. The van der Waals surface area contributed by atoms with Gasteiger partial charge in [0.2, 0.25) is 0 Å². The quantitative estimate of drug-likeness (QED) is 0.682. The Morgan fingerprint density at radius 1 is 1.78 bits per heavy atom. The van der Waals surface area contributed by atoms with Gasteiger partial charge in [-0.2, -0.15) is 0 Å². The smallest absolute Gasteiger partial charge is 0.347 e. The van der Waals surface area contributed by atoms with Crippen molar-refractivity contribution in [2.24, 2.45) is 0 Å². The number of carbonyl (C=O) groups is 1. The molecule has 50 valence electrons.